The molecule has 1 saturated carbocycles. The van der Waals surface area contributed by atoms with Gasteiger partial charge in [-0.1, -0.05) is 49.6 Å². The molecular weight excluding hydrogens is 212 g/mol. The Balaban J connectivity index is 1.98. The lowest BCUT2D eigenvalue weighted by Crippen LogP contribution is -2.46. The minimum atomic E-state index is -0.661. The fourth-order valence-electron chi connectivity index (χ4n) is 3.50. The van der Waals surface area contributed by atoms with Gasteiger partial charge in [0, 0.05) is 0 Å². The molecule has 17 heavy (non-hydrogen) atoms. The molecule has 2 heteroatoms. The number of benzene rings is 1. The first-order valence-corrected chi connectivity index (χ1v) is 6.65. The van der Waals surface area contributed by atoms with Gasteiger partial charge in [0.2, 0.25) is 0 Å². The lowest BCUT2D eigenvalue weighted by molar-refractivity contribution is -0.0684. The monoisotopic (exact) mass is 232 g/mol. The molecule has 3 rings (SSSR count). The van der Waals surface area contributed by atoms with E-state index in [0.29, 0.717) is 0 Å². The maximum atomic E-state index is 11.0. The molecule has 92 valence electrons. The Hall–Kier alpha value is -0.860. The Morgan fingerprint density at radius 3 is 2.24 bits per heavy atom. The van der Waals surface area contributed by atoms with E-state index in [4.69, 9.17) is 4.74 Å². The average molecular weight is 232 g/mol. The van der Waals surface area contributed by atoms with Crippen LogP contribution in [0.4, 0.5) is 0 Å². The largest absolute Gasteiger partial charge is 0.386 e. The molecule has 1 aromatic rings. The molecule has 0 amide bonds. The molecule has 1 saturated heterocycles. The summed E-state index contributed by atoms with van der Waals surface area (Å²) in [5, 5.41) is 11.0. The second-order valence-corrected chi connectivity index (χ2v) is 5.45. The van der Waals surface area contributed by atoms with Crippen LogP contribution in [0.3, 0.4) is 0 Å². The molecule has 0 unspecified atom stereocenters. The molecule has 2 atom stereocenters. The van der Waals surface area contributed by atoms with E-state index >= 15 is 0 Å². The van der Waals surface area contributed by atoms with Crippen molar-refractivity contribution in [3.8, 4) is 0 Å². The number of rotatable bonds is 2. The number of aliphatic hydroxyl groups is 1. The summed E-state index contributed by atoms with van der Waals surface area (Å²) in [5.74, 6) is 0. The molecule has 2 nitrogen and oxygen atoms in total. The van der Waals surface area contributed by atoms with Crippen molar-refractivity contribution in [3.05, 3.63) is 35.9 Å². The van der Waals surface area contributed by atoms with Crippen molar-refractivity contribution in [1.82, 2.24) is 0 Å². The first-order chi connectivity index (χ1) is 8.19. The maximum absolute atomic E-state index is 11.0. The molecule has 0 bridgehead atoms. The summed E-state index contributed by atoms with van der Waals surface area (Å²) in [4.78, 5) is 0. The zero-order chi connectivity index (χ0) is 11.9. The van der Waals surface area contributed by atoms with Crippen LogP contribution in [0.5, 0.6) is 0 Å². The standard InChI is InChI=1S/C15H20O2/c1-12-15(17-12,13-8-4-2-5-9-13)14(16)10-6-3-7-11-14/h2,4-5,8-9,12,16H,3,6-7,10-11H2,1H3/t12-,15-/m1/s1. The van der Waals surface area contributed by atoms with Gasteiger partial charge in [-0.25, -0.2) is 0 Å². The Morgan fingerprint density at radius 1 is 1.12 bits per heavy atom. The van der Waals surface area contributed by atoms with Gasteiger partial charge in [0.1, 0.15) is 11.2 Å². The predicted octanol–water partition coefficient (Wildman–Crippen LogP) is 3.00. The second-order valence-electron chi connectivity index (χ2n) is 5.45. The van der Waals surface area contributed by atoms with Crippen LogP contribution < -0.4 is 0 Å². The average Bonchev–Trinajstić information content (AvgIpc) is 3.05. The van der Waals surface area contributed by atoms with E-state index in [1.165, 1.54) is 6.42 Å². The van der Waals surface area contributed by atoms with Crippen molar-refractivity contribution in [3.63, 3.8) is 0 Å². The van der Waals surface area contributed by atoms with Crippen molar-refractivity contribution in [2.24, 2.45) is 0 Å². The van der Waals surface area contributed by atoms with Gasteiger partial charge in [-0.05, 0) is 25.3 Å². The highest BCUT2D eigenvalue weighted by Gasteiger charge is 2.67. The Bertz CT molecular complexity index is 395. The van der Waals surface area contributed by atoms with Gasteiger partial charge in [-0.2, -0.15) is 0 Å². The van der Waals surface area contributed by atoms with Crippen LogP contribution in [0.1, 0.15) is 44.6 Å². The minimum Gasteiger partial charge on any atom is -0.386 e. The molecule has 2 aliphatic rings. The van der Waals surface area contributed by atoms with Crippen molar-refractivity contribution in [1.29, 1.82) is 0 Å². The summed E-state index contributed by atoms with van der Waals surface area (Å²) in [6.07, 6.45) is 5.33. The van der Waals surface area contributed by atoms with Gasteiger partial charge in [0.15, 0.2) is 0 Å². The second kappa shape index (κ2) is 3.82. The molecule has 0 radical (unpaired) electrons. The highest BCUT2D eigenvalue weighted by molar-refractivity contribution is 5.34. The number of epoxide rings is 1. The van der Waals surface area contributed by atoms with Crippen LogP contribution in [-0.2, 0) is 10.3 Å². The third kappa shape index (κ3) is 1.54. The molecular formula is C15H20O2. The quantitative estimate of drug-likeness (QED) is 0.795. The van der Waals surface area contributed by atoms with Crippen molar-refractivity contribution >= 4 is 0 Å². The lowest BCUT2D eigenvalue weighted by Gasteiger charge is -2.38. The maximum Gasteiger partial charge on any atom is 0.148 e. The Kier molecular flexibility index (Phi) is 2.53. The van der Waals surface area contributed by atoms with Crippen molar-refractivity contribution < 1.29 is 9.84 Å². The highest BCUT2D eigenvalue weighted by Crippen LogP contribution is 2.58. The van der Waals surface area contributed by atoms with Crippen LogP contribution in [0.15, 0.2) is 30.3 Å². The summed E-state index contributed by atoms with van der Waals surface area (Å²) < 4.78 is 5.88. The summed E-state index contributed by atoms with van der Waals surface area (Å²) in [6, 6.07) is 10.2. The number of ether oxygens (including phenoxy) is 1. The molecule has 1 heterocycles. The normalized spacial score (nSPS) is 35.5. The summed E-state index contributed by atoms with van der Waals surface area (Å²) in [5.41, 5.74) is 0.0395. The zero-order valence-corrected chi connectivity index (χ0v) is 10.4. The Morgan fingerprint density at radius 2 is 1.71 bits per heavy atom. The van der Waals surface area contributed by atoms with E-state index < -0.39 is 11.2 Å². The van der Waals surface area contributed by atoms with Crippen LogP contribution in [0.25, 0.3) is 0 Å². The Labute approximate surface area is 103 Å². The summed E-state index contributed by atoms with van der Waals surface area (Å²) >= 11 is 0. The first-order valence-electron chi connectivity index (χ1n) is 6.65. The molecule has 1 aliphatic carbocycles. The molecule has 0 spiro atoms. The predicted molar refractivity (Wildman–Crippen MR) is 66.7 cm³/mol. The highest BCUT2D eigenvalue weighted by atomic mass is 16.6. The van der Waals surface area contributed by atoms with E-state index in [2.05, 4.69) is 19.1 Å². The first kappa shape index (κ1) is 11.2. The van der Waals surface area contributed by atoms with Gasteiger partial charge >= 0.3 is 0 Å². The minimum absolute atomic E-state index is 0.132. The molecule has 0 aromatic heterocycles. The molecule has 1 aliphatic heterocycles. The van der Waals surface area contributed by atoms with E-state index in [0.717, 1.165) is 31.2 Å². The molecule has 1 N–H and O–H groups in total. The lowest BCUT2D eigenvalue weighted by atomic mass is 9.71. The number of hydrogen-bond donors (Lipinski definition) is 1. The SMILES string of the molecule is C[C@H]1O[C@]1(c1ccccc1)C1(O)CCCCC1. The van der Waals surface area contributed by atoms with Gasteiger partial charge in [-0.3, -0.25) is 0 Å². The van der Waals surface area contributed by atoms with Crippen LogP contribution in [0.2, 0.25) is 0 Å². The smallest absolute Gasteiger partial charge is 0.148 e. The fraction of sp³-hybridized carbons (Fsp3) is 0.600. The van der Waals surface area contributed by atoms with Gasteiger partial charge in [0.25, 0.3) is 0 Å². The number of hydrogen-bond acceptors (Lipinski definition) is 2. The van der Waals surface area contributed by atoms with Crippen LogP contribution in [-0.4, -0.2) is 16.8 Å². The summed E-state index contributed by atoms with van der Waals surface area (Å²) in [7, 11) is 0. The van der Waals surface area contributed by atoms with E-state index in [-0.39, 0.29) is 6.10 Å². The third-order valence-electron chi connectivity index (χ3n) is 4.45. The van der Waals surface area contributed by atoms with Crippen molar-refractivity contribution in [2.45, 2.75) is 56.3 Å². The molecule has 2 fully saturated rings. The summed E-state index contributed by atoms with van der Waals surface area (Å²) in [6.45, 7) is 2.07. The van der Waals surface area contributed by atoms with Gasteiger partial charge < -0.3 is 9.84 Å². The third-order valence-corrected chi connectivity index (χ3v) is 4.45. The van der Waals surface area contributed by atoms with Crippen LogP contribution in [0, 0.1) is 0 Å². The van der Waals surface area contributed by atoms with E-state index in [9.17, 15) is 5.11 Å². The van der Waals surface area contributed by atoms with Crippen LogP contribution >= 0.6 is 0 Å². The van der Waals surface area contributed by atoms with Crippen molar-refractivity contribution in [2.75, 3.05) is 0 Å². The van der Waals surface area contributed by atoms with E-state index in [1.54, 1.807) is 0 Å². The van der Waals surface area contributed by atoms with E-state index in [1.807, 2.05) is 18.2 Å². The van der Waals surface area contributed by atoms with Gasteiger partial charge in [-0.15, -0.1) is 0 Å². The zero-order valence-electron chi connectivity index (χ0n) is 10.4. The topological polar surface area (TPSA) is 32.8 Å². The van der Waals surface area contributed by atoms with Gasteiger partial charge in [0.05, 0.1) is 6.10 Å². The fourth-order valence-corrected chi connectivity index (χ4v) is 3.50. The molecule has 1 aromatic carbocycles.